The first kappa shape index (κ1) is 15.1. The molecule has 1 heterocycles. The van der Waals surface area contributed by atoms with Gasteiger partial charge >= 0.3 is 0 Å². The van der Waals surface area contributed by atoms with E-state index in [4.69, 9.17) is 11.6 Å². The van der Waals surface area contributed by atoms with Crippen molar-refractivity contribution < 1.29 is 8.42 Å². The fourth-order valence-electron chi connectivity index (χ4n) is 2.56. The molecule has 6 heteroatoms. The van der Waals surface area contributed by atoms with Gasteiger partial charge in [-0.3, -0.25) is 0 Å². The molecule has 0 aliphatic carbocycles. The van der Waals surface area contributed by atoms with Crippen LogP contribution >= 0.6 is 11.6 Å². The SMILES string of the molecule is Cc1cc(S(=O)(=O)n2c(C)nc3ccccc32)c(C)cc1Cl. The topological polar surface area (TPSA) is 52.0 Å². The number of para-hydroxylation sites is 2. The standard InChI is InChI=1S/C16H15ClN2O2S/c1-10-9-16(11(2)8-13(10)17)22(20,21)19-12(3)18-14-6-4-5-7-15(14)19/h4-9H,1-3H3. The summed E-state index contributed by atoms with van der Waals surface area (Å²) in [4.78, 5) is 4.58. The molecule has 1 aromatic heterocycles. The molecule has 0 amide bonds. The van der Waals surface area contributed by atoms with Gasteiger partial charge in [-0.1, -0.05) is 23.7 Å². The van der Waals surface area contributed by atoms with Crippen LogP contribution in [0.1, 0.15) is 17.0 Å². The van der Waals surface area contributed by atoms with Gasteiger partial charge in [0.2, 0.25) is 0 Å². The average Bonchev–Trinajstić information content (AvgIpc) is 2.79. The highest BCUT2D eigenvalue weighted by molar-refractivity contribution is 7.90. The van der Waals surface area contributed by atoms with Crippen molar-refractivity contribution in [2.45, 2.75) is 25.7 Å². The highest BCUT2D eigenvalue weighted by Gasteiger charge is 2.24. The number of hydrogen-bond donors (Lipinski definition) is 0. The lowest BCUT2D eigenvalue weighted by Gasteiger charge is -2.12. The first-order valence-electron chi connectivity index (χ1n) is 6.79. The largest absolute Gasteiger partial charge is 0.269 e. The van der Waals surface area contributed by atoms with Crippen molar-refractivity contribution in [3.63, 3.8) is 0 Å². The molecule has 3 aromatic rings. The minimum Gasteiger partial charge on any atom is -0.232 e. The molecule has 0 fully saturated rings. The predicted molar refractivity (Wildman–Crippen MR) is 88.0 cm³/mol. The lowest BCUT2D eigenvalue weighted by molar-refractivity contribution is 0.586. The Labute approximate surface area is 134 Å². The monoisotopic (exact) mass is 334 g/mol. The smallest absolute Gasteiger partial charge is 0.232 e. The van der Waals surface area contributed by atoms with Gasteiger partial charge in [-0.2, -0.15) is 0 Å². The summed E-state index contributed by atoms with van der Waals surface area (Å²) in [6, 6.07) is 10.5. The maximum atomic E-state index is 13.1. The summed E-state index contributed by atoms with van der Waals surface area (Å²) in [7, 11) is -3.73. The number of rotatable bonds is 2. The van der Waals surface area contributed by atoms with E-state index in [1.807, 2.05) is 6.07 Å². The zero-order valence-corrected chi connectivity index (χ0v) is 14.0. The van der Waals surface area contributed by atoms with Gasteiger partial charge in [0.15, 0.2) is 0 Å². The molecule has 22 heavy (non-hydrogen) atoms. The van der Waals surface area contributed by atoms with Gasteiger partial charge in [-0.05, 0) is 56.2 Å². The van der Waals surface area contributed by atoms with Crippen molar-refractivity contribution in [1.82, 2.24) is 8.96 Å². The van der Waals surface area contributed by atoms with Crippen LogP contribution in [0.3, 0.4) is 0 Å². The number of hydrogen-bond acceptors (Lipinski definition) is 3. The molecule has 0 aliphatic heterocycles. The lowest BCUT2D eigenvalue weighted by Crippen LogP contribution is -2.16. The third kappa shape index (κ3) is 2.21. The molecular weight excluding hydrogens is 320 g/mol. The normalized spacial score (nSPS) is 12.0. The van der Waals surface area contributed by atoms with Crippen molar-refractivity contribution in [3.05, 3.63) is 58.4 Å². The van der Waals surface area contributed by atoms with Gasteiger partial charge in [0.25, 0.3) is 10.0 Å². The summed E-state index contributed by atoms with van der Waals surface area (Å²) >= 11 is 6.07. The number of imidazole rings is 1. The van der Waals surface area contributed by atoms with Gasteiger partial charge in [0.1, 0.15) is 5.82 Å². The van der Waals surface area contributed by atoms with Gasteiger partial charge in [-0.15, -0.1) is 0 Å². The average molecular weight is 335 g/mol. The summed E-state index contributed by atoms with van der Waals surface area (Å²) in [6.07, 6.45) is 0. The lowest BCUT2D eigenvalue weighted by atomic mass is 10.2. The van der Waals surface area contributed by atoms with Crippen LogP contribution in [-0.4, -0.2) is 17.4 Å². The maximum Gasteiger partial charge on any atom is 0.269 e. The second-order valence-electron chi connectivity index (χ2n) is 5.28. The zero-order valence-electron chi connectivity index (χ0n) is 12.5. The van der Waals surface area contributed by atoms with Crippen LogP contribution in [0.4, 0.5) is 0 Å². The third-order valence-electron chi connectivity index (χ3n) is 3.65. The molecule has 0 atom stereocenters. The van der Waals surface area contributed by atoms with Crippen LogP contribution in [-0.2, 0) is 10.0 Å². The first-order chi connectivity index (χ1) is 10.3. The highest BCUT2D eigenvalue weighted by atomic mass is 35.5. The van der Waals surface area contributed by atoms with E-state index in [1.54, 1.807) is 51.1 Å². The first-order valence-corrected chi connectivity index (χ1v) is 8.60. The fraction of sp³-hybridized carbons (Fsp3) is 0.188. The number of benzene rings is 2. The molecule has 0 saturated carbocycles. The number of aromatic nitrogens is 2. The summed E-state index contributed by atoms with van der Waals surface area (Å²) in [5.74, 6) is 0.438. The van der Waals surface area contributed by atoms with Crippen LogP contribution in [0.2, 0.25) is 5.02 Å². The van der Waals surface area contributed by atoms with E-state index in [0.29, 0.717) is 27.4 Å². The molecule has 0 bridgehead atoms. The van der Waals surface area contributed by atoms with Gasteiger partial charge < -0.3 is 0 Å². The summed E-state index contributed by atoms with van der Waals surface area (Å²) < 4.78 is 27.5. The Kier molecular flexibility index (Phi) is 3.50. The summed E-state index contributed by atoms with van der Waals surface area (Å²) in [5.41, 5.74) is 2.58. The minimum atomic E-state index is -3.73. The van der Waals surface area contributed by atoms with E-state index < -0.39 is 10.0 Å². The second-order valence-corrected chi connectivity index (χ2v) is 7.45. The Morgan fingerprint density at radius 2 is 1.73 bits per heavy atom. The highest BCUT2D eigenvalue weighted by Crippen LogP contribution is 2.28. The Bertz CT molecular complexity index is 991. The van der Waals surface area contributed by atoms with Crippen LogP contribution in [0.5, 0.6) is 0 Å². The molecule has 4 nitrogen and oxygen atoms in total. The molecule has 0 spiro atoms. The van der Waals surface area contributed by atoms with E-state index in [2.05, 4.69) is 4.98 Å². The van der Waals surface area contributed by atoms with E-state index in [1.165, 1.54) is 3.97 Å². The number of aryl methyl sites for hydroxylation is 3. The van der Waals surface area contributed by atoms with E-state index in [0.717, 1.165) is 5.56 Å². The quantitative estimate of drug-likeness (QED) is 0.715. The third-order valence-corrected chi connectivity index (χ3v) is 6.00. The van der Waals surface area contributed by atoms with E-state index in [-0.39, 0.29) is 4.90 Å². The summed E-state index contributed by atoms with van der Waals surface area (Å²) in [6.45, 7) is 5.22. The van der Waals surface area contributed by atoms with Gasteiger partial charge in [0.05, 0.1) is 15.9 Å². The maximum absolute atomic E-state index is 13.1. The minimum absolute atomic E-state index is 0.251. The number of fused-ring (bicyclic) bond motifs is 1. The molecule has 0 radical (unpaired) electrons. The van der Waals surface area contributed by atoms with Crippen LogP contribution in [0, 0.1) is 20.8 Å². The molecule has 0 aliphatic rings. The Hall–Kier alpha value is -1.85. The molecule has 0 unspecified atom stereocenters. The van der Waals surface area contributed by atoms with Crippen molar-refractivity contribution in [1.29, 1.82) is 0 Å². The molecule has 0 N–H and O–H groups in total. The summed E-state index contributed by atoms with van der Waals surface area (Å²) in [5, 5.41) is 0.559. The molecule has 3 rings (SSSR count). The Balaban J connectivity index is 2.34. The van der Waals surface area contributed by atoms with E-state index >= 15 is 0 Å². The van der Waals surface area contributed by atoms with Gasteiger partial charge in [-0.25, -0.2) is 17.4 Å². The molecule has 2 aromatic carbocycles. The molecular formula is C16H15ClN2O2S. The number of nitrogens with zero attached hydrogens (tertiary/aromatic N) is 2. The van der Waals surface area contributed by atoms with Gasteiger partial charge in [0, 0.05) is 5.02 Å². The predicted octanol–water partition coefficient (Wildman–Crippen LogP) is 3.85. The van der Waals surface area contributed by atoms with Crippen molar-refractivity contribution in [2.75, 3.05) is 0 Å². The second kappa shape index (κ2) is 5.11. The zero-order chi connectivity index (χ0) is 16.1. The molecule has 0 saturated heterocycles. The molecule has 114 valence electrons. The van der Waals surface area contributed by atoms with Crippen LogP contribution in [0.25, 0.3) is 11.0 Å². The van der Waals surface area contributed by atoms with Crippen molar-refractivity contribution >= 4 is 32.7 Å². The van der Waals surface area contributed by atoms with Crippen molar-refractivity contribution in [2.24, 2.45) is 0 Å². The van der Waals surface area contributed by atoms with Crippen LogP contribution < -0.4 is 0 Å². The Morgan fingerprint density at radius 1 is 1.05 bits per heavy atom. The van der Waals surface area contributed by atoms with Crippen LogP contribution in [0.15, 0.2) is 41.3 Å². The van der Waals surface area contributed by atoms with Crippen molar-refractivity contribution in [3.8, 4) is 0 Å². The Morgan fingerprint density at radius 3 is 2.45 bits per heavy atom. The fourth-order valence-corrected chi connectivity index (χ4v) is 4.57. The number of halogens is 1. The van der Waals surface area contributed by atoms with E-state index in [9.17, 15) is 8.42 Å².